The molecule has 0 saturated heterocycles. The summed E-state index contributed by atoms with van der Waals surface area (Å²) in [6.07, 6.45) is 46.2. The predicted molar refractivity (Wildman–Crippen MR) is 232 cm³/mol. The monoisotopic (exact) mass is 771 g/mol. The molecule has 0 aromatic heterocycles. The number of alkyl carbamates (subject to hydrolysis) is 1. The molecule has 0 heterocycles. The maximum Gasteiger partial charge on any atom is 0.407 e. The number of nitrogens with zero attached hydrogens (tertiary/aromatic N) is 1. The molecule has 1 amide bonds. The third-order valence-corrected chi connectivity index (χ3v) is 10.5. The molecule has 0 saturated carbocycles. The molecular formula is C46H94N2O6. The molecule has 0 aliphatic rings. The summed E-state index contributed by atoms with van der Waals surface area (Å²) in [5.74, 6) is 0.983. The zero-order valence-corrected chi connectivity index (χ0v) is 36.6. The standard InChI is InChI=1S/C44H90N2O2.2CH2O2/c1-5-9-12-15-18-19-20-21-22-23-28-33-40-46(42-35-39-45-44(47)48-8-4)41-34-29-24-27-32-38-43(36-30-25-16-13-10-6-2)37-31-26-17-14-11-7-3;2*2-1-3/h43H,5-42H2,1-4H3,(H,45,47);2*1H,(H,2,3). The van der Waals surface area contributed by atoms with Crippen LogP contribution in [-0.4, -0.2) is 66.9 Å². The minimum atomic E-state index is -0.272. The van der Waals surface area contributed by atoms with Gasteiger partial charge in [-0.25, -0.2) is 4.79 Å². The highest BCUT2D eigenvalue weighted by Crippen LogP contribution is 2.25. The summed E-state index contributed by atoms with van der Waals surface area (Å²) in [6.45, 7) is 13.0. The Balaban J connectivity index is -0.00000403. The Morgan fingerprint density at radius 1 is 0.481 bits per heavy atom. The number of unbranched alkanes of at least 4 members (excludes halogenated alkanes) is 25. The number of amides is 1. The number of rotatable bonds is 40. The molecule has 324 valence electrons. The van der Waals surface area contributed by atoms with Crippen molar-refractivity contribution in [1.82, 2.24) is 10.2 Å². The predicted octanol–water partition coefficient (Wildman–Crippen LogP) is 14.0. The van der Waals surface area contributed by atoms with Gasteiger partial charge >= 0.3 is 6.09 Å². The van der Waals surface area contributed by atoms with Crippen LogP contribution in [-0.2, 0) is 14.3 Å². The molecule has 8 nitrogen and oxygen atoms in total. The Kier molecular flexibility index (Phi) is 55.7. The molecule has 0 aliphatic carbocycles. The fraction of sp³-hybridized carbons (Fsp3) is 0.935. The van der Waals surface area contributed by atoms with Gasteiger partial charge in [0, 0.05) is 6.54 Å². The average Bonchev–Trinajstić information content (AvgIpc) is 3.16. The summed E-state index contributed by atoms with van der Waals surface area (Å²) in [4.78, 5) is 31.1. The number of hydrogen-bond acceptors (Lipinski definition) is 5. The van der Waals surface area contributed by atoms with Gasteiger partial charge in [-0.2, -0.15) is 0 Å². The van der Waals surface area contributed by atoms with Crippen molar-refractivity contribution in [2.24, 2.45) is 5.92 Å². The van der Waals surface area contributed by atoms with Crippen LogP contribution in [0, 0.1) is 5.92 Å². The third kappa shape index (κ3) is 52.3. The molecule has 3 N–H and O–H groups in total. The van der Waals surface area contributed by atoms with Gasteiger partial charge in [-0.05, 0) is 51.7 Å². The zero-order valence-electron chi connectivity index (χ0n) is 36.6. The third-order valence-electron chi connectivity index (χ3n) is 10.5. The summed E-state index contributed by atoms with van der Waals surface area (Å²) >= 11 is 0. The van der Waals surface area contributed by atoms with E-state index in [-0.39, 0.29) is 19.0 Å². The van der Waals surface area contributed by atoms with Crippen molar-refractivity contribution >= 4 is 19.0 Å². The first kappa shape index (κ1) is 56.5. The maximum absolute atomic E-state index is 11.7. The van der Waals surface area contributed by atoms with Crippen molar-refractivity contribution in [3.05, 3.63) is 0 Å². The van der Waals surface area contributed by atoms with Crippen LogP contribution in [0.3, 0.4) is 0 Å². The smallest absolute Gasteiger partial charge is 0.407 e. The molecule has 0 aromatic rings. The van der Waals surface area contributed by atoms with E-state index >= 15 is 0 Å². The highest BCUT2D eigenvalue weighted by Gasteiger charge is 2.10. The van der Waals surface area contributed by atoms with Gasteiger partial charge in [-0.1, -0.05) is 213 Å². The molecule has 54 heavy (non-hydrogen) atoms. The minimum absolute atomic E-state index is 0.250. The first-order valence-electron chi connectivity index (χ1n) is 23.3. The largest absolute Gasteiger partial charge is 0.483 e. The molecule has 0 fully saturated rings. The number of hydrogen-bond donors (Lipinski definition) is 3. The summed E-state index contributed by atoms with van der Waals surface area (Å²) in [5, 5.41) is 16.7. The molecule has 0 aromatic carbocycles. The number of nitrogens with one attached hydrogen (secondary N) is 1. The number of carboxylic acid groups (broad SMARTS) is 2. The Hall–Kier alpha value is -1.83. The van der Waals surface area contributed by atoms with Crippen LogP contribution in [0.2, 0.25) is 0 Å². The van der Waals surface area contributed by atoms with Gasteiger partial charge in [-0.15, -0.1) is 0 Å². The van der Waals surface area contributed by atoms with Crippen LogP contribution < -0.4 is 5.32 Å². The SMILES string of the molecule is CCCCCCCCCCCCCCN(CCCCCCCC(CCCCCCCC)CCCCCCCC)CCCNC(=O)OCC.O=CO.O=CO. The second-order valence-electron chi connectivity index (χ2n) is 15.5. The number of carbonyl (C=O) groups excluding carboxylic acids is 1. The Morgan fingerprint density at radius 3 is 1.07 bits per heavy atom. The average molecular weight is 771 g/mol. The molecule has 0 atom stereocenters. The van der Waals surface area contributed by atoms with Crippen molar-refractivity contribution in [3.63, 3.8) is 0 Å². The summed E-state index contributed by atoms with van der Waals surface area (Å²) in [5.41, 5.74) is 0. The molecule has 0 spiro atoms. The van der Waals surface area contributed by atoms with E-state index in [4.69, 9.17) is 24.5 Å². The van der Waals surface area contributed by atoms with E-state index in [9.17, 15) is 4.79 Å². The normalized spacial score (nSPS) is 10.8. The van der Waals surface area contributed by atoms with Crippen LogP contribution in [0.5, 0.6) is 0 Å². The van der Waals surface area contributed by atoms with Crippen LogP contribution in [0.25, 0.3) is 0 Å². The van der Waals surface area contributed by atoms with E-state index in [2.05, 4.69) is 31.0 Å². The van der Waals surface area contributed by atoms with Crippen molar-refractivity contribution in [2.45, 2.75) is 240 Å². The lowest BCUT2D eigenvalue weighted by Crippen LogP contribution is -2.31. The van der Waals surface area contributed by atoms with Crippen LogP contribution in [0.4, 0.5) is 4.79 Å². The molecule has 8 heteroatoms. The van der Waals surface area contributed by atoms with Crippen molar-refractivity contribution in [3.8, 4) is 0 Å². The van der Waals surface area contributed by atoms with Gasteiger partial charge in [0.25, 0.3) is 12.9 Å². The highest BCUT2D eigenvalue weighted by atomic mass is 16.5. The minimum Gasteiger partial charge on any atom is -0.483 e. The molecule has 0 radical (unpaired) electrons. The molecular weight excluding hydrogens is 677 g/mol. The fourth-order valence-electron chi connectivity index (χ4n) is 7.35. The summed E-state index contributed by atoms with van der Waals surface area (Å²) < 4.78 is 5.03. The second kappa shape index (κ2) is 53.3. The molecule has 0 unspecified atom stereocenters. The summed E-state index contributed by atoms with van der Waals surface area (Å²) in [6, 6.07) is 0. The summed E-state index contributed by atoms with van der Waals surface area (Å²) in [7, 11) is 0. The first-order chi connectivity index (χ1) is 26.5. The van der Waals surface area contributed by atoms with Gasteiger partial charge in [0.1, 0.15) is 0 Å². The van der Waals surface area contributed by atoms with E-state index in [0.717, 1.165) is 18.9 Å². The van der Waals surface area contributed by atoms with E-state index in [1.54, 1.807) is 0 Å². The second-order valence-corrected chi connectivity index (χ2v) is 15.5. The first-order valence-corrected chi connectivity index (χ1v) is 23.3. The van der Waals surface area contributed by atoms with Gasteiger partial charge in [0.15, 0.2) is 0 Å². The Bertz CT molecular complexity index is 689. The topological polar surface area (TPSA) is 116 Å². The van der Waals surface area contributed by atoms with Gasteiger partial charge in [0.2, 0.25) is 0 Å². The highest BCUT2D eigenvalue weighted by molar-refractivity contribution is 5.66. The van der Waals surface area contributed by atoms with Crippen molar-refractivity contribution in [1.29, 1.82) is 0 Å². The van der Waals surface area contributed by atoms with Crippen LogP contribution in [0.1, 0.15) is 240 Å². The quantitative estimate of drug-likeness (QED) is 0.0419. The lowest BCUT2D eigenvalue weighted by atomic mass is 9.89. The van der Waals surface area contributed by atoms with Crippen LogP contribution >= 0.6 is 0 Å². The number of carbonyl (C=O) groups is 3. The van der Waals surface area contributed by atoms with Crippen molar-refractivity contribution < 1.29 is 29.3 Å². The van der Waals surface area contributed by atoms with Gasteiger partial charge in [-0.3, -0.25) is 9.59 Å². The molecule has 0 rings (SSSR count). The fourth-order valence-corrected chi connectivity index (χ4v) is 7.35. The van der Waals surface area contributed by atoms with Gasteiger partial charge in [0.05, 0.1) is 6.61 Å². The van der Waals surface area contributed by atoms with Crippen LogP contribution in [0.15, 0.2) is 0 Å². The van der Waals surface area contributed by atoms with Gasteiger partial charge < -0.3 is 25.2 Å². The van der Waals surface area contributed by atoms with E-state index < -0.39 is 0 Å². The number of ether oxygens (including phenoxy) is 1. The zero-order chi connectivity index (χ0) is 40.4. The van der Waals surface area contributed by atoms with Crippen molar-refractivity contribution in [2.75, 3.05) is 32.8 Å². The lowest BCUT2D eigenvalue weighted by Gasteiger charge is -2.22. The Morgan fingerprint density at radius 2 is 0.759 bits per heavy atom. The van der Waals surface area contributed by atoms with E-state index in [1.807, 2.05) is 6.92 Å². The Labute approximate surface area is 336 Å². The lowest BCUT2D eigenvalue weighted by molar-refractivity contribution is -0.123. The molecule has 0 bridgehead atoms. The van der Waals surface area contributed by atoms with E-state index in [0.29, 0.717) is 13.2 Å². The van der Waals surface area contributed by atoms with E-state index in [1.165, 1.54) is 219 Å². The molecule has 0 aliphatic heterocycles. The maximum atomic E-state index is 11.7.